The van der Waals surface area contributed by atoms with Gasteiger partial charge in [-0.05, 0) is 48.3 Å². The monoisotopic (exact) mass is 348 g/mol. The Kier molecular flexibility index (Phi) is 3.29. The first kappa shape index (κ1) is 13.8. The molecule has 3 aromatic rings. The van der Waals surface area contributed by atoms with Crippen LogP contribution in [0, 0.1) is 20.8 Å². The Morgan fingerprint density at radius 3 is 2.76 bits per heavy atom. The van der Waals surface area contributed by atoms with Crippen LogP contribution in [0.25, 0.3) is 5.65 Å². The summed E-state index contributed by atoms with van der Waals surface area (Å²) in [6, 6.07) is 3.63. The minimum absolute atomic E-state index is 0.272. The topological polar surface area (TPSA) is 72.4 Å². The van der Waals surface area contributed by atoms with E-state index in [1.54, 1.807) is 24.3 Å². The van der Waals surface area contributed by atoms with Crippen molar-refractivity contribution in [2.24, 2.45) is 0 Å². The number of aromatic nitrogens is 3. The average Bonchev–Trinajstić information content (AvgIpc) is 2.92. The molecule has 0 aliphatic heterocycles. The molecule has 3 rings (SSSR count). The Bertz CT molecular complexity index is 850. The zero-order valence-electron chi connectivity index (χ0n) is 11.8. The summed E-state index contributed by atoms with van der Waals surface area (Å²) in [5, 5.41) is 6.48. The number of aryl methyl sites for hydroxylation is 3. The van der Waals surface area contributed by atoms with E-state index in [1.807, 2.05) is 19.2 Å². The highest BCUT2D eigenvalue weighted by molar-refractivity contribution is 9.10. The maximum absolute atomic E-state index is 12.5. The molecule has 21 heavy (non-hydrogen) atoms. The van der Waals surface area contributed by atoms with E-state index in [9.17, 15) is 4.79 Å². The number of amides is 1. The van der Waals surface area contributed by atoms with Crippen molar-refractivity contribution in [3.63, 3.8) is 0 Å². The van der Waals surface area contributed by atoms with Gasteiger partial charge in [0.2, 0.25) is 0 Å². The highest BCUT2D eigenvalue weighted by atomic mass is 79.9. The first-order valence-corrected chi connectivity index (χ1v) is 7.14. The van der Waals surface area contributed by atoms with Crippen LogP contribution in [-0.4, -0.2) is 20.4 Å². The molecular weight excluding hydrogens is 336 g/mol. The number of pyridine rings is 1. The number of hydrogen-bond acceptors (Lipinski definition) is 4. The Balaban J connectivity index is 2.07. The third-order valence-electron chi connectivity index (χ3n) is 3.07. The number of fused-ring (bicyclic) bond motifs is 1. The van der Waals surface area contributed by atoms with E-state index in [2.05, 4.69) is 31.4 Å². The summed E-state index contributed by atoms with van der Waals surface area (Å²) in [7, 11) is 0. The SMILES string of the molecule is Cc1cc(Br)c2nc(C)c(C(=O)Nc3cc(C)on3)n2c1. The maximum Gasteiger partial charge on any atom is 0.275 e. The molecule has 7 heteroatoms. The molecular formula is C14H13BrN4O2. The van der Waals surface area contributed by atoms with Gasteiger partial charge in [-0.3, -0.25) is 9.20 Å². The lowest BCUT2D eigenvalue weighted by Crippen LogP contribution is -2.16. The maximum atomic E-state index is 12.5. The van der Waals surface area contributed by atoms with Gasteiger partial charge in [0.15, 0.2) is 11.5 Å². The van der Waals surface area contributed by atoms with Crippen molar-refractivity contribution in [3.05, 3.63) is 45.5 Å². The lowest BCUT2D eigenvalue weighted by Gasteiger charge is -2.04. The molecule has 0 spiro atoms. The number of nitrogens with one attached hydrogen (secondary N) is 1. The normalized spacial score (nSPS) is 11.0. The van der Waals surface area contributed by atoms with Crippen LogP contribution in [0.3, 0.4) is 0 Å². The van der Waals surface area contributed by atoms with Crippen molar-refractivity contribution in [2.45, 2.75) is 20.8 Å². The summed E-state index contributed by atoms with van der Waals surface area (Å²) >= 11 is 3.47. The summed E-state index contributed by atoms with van der Waals surface area (Å²) in [6.45, 7) is 5.53. The zero-order chi connectivity index (χ0) is 15.1. The summed E-state index contributed by atoms with van der Waals surface area (Å²) in [5.74, 6) is 0.753. The molecule has 0 bridgehead atoms. The van der Waals surface area contributed by atoms with Crippen molar-refractivity contribution >= 4 is 33.3 Å². The minimum Gasteiger partial charge on any atom is -0.360 e. The molecule has 0 saturated carbocycles. The minimum atomic E-state index is -0.272. The molecule has 108 valence electrons. The van der Waals surface area contributed by atoms with E-state index in [1.165, 1.54) is 0 Å². The second-order valence-corrected chi connectivity index (χ2v) is 5.74. The Morgan fingerprint density at radius 1 is 1.33 bits per heavy atom. The first-order valence-electron chi connectivity index (χ1n) is 6.35. The number of rotatable bonds is 2. The zero-order valence-corrected chi connectivity index (χ0v) is 13.4. The van der Waals surface area contributed by atoms with Gasteiger partial charge in [0.1, 0.15) is 11.5 Å². The lowest BCUT2D eigenvalue weighted by atomic mass is 10.3. The summed E-state index contributed by atoms with van der Waals surface area (Å²) in [5.41, 5.74) is 2.87. The summed E-state index contributed by atoms with van der Waals surface area (Å²) in [6.07, 6.45) is 1.88. The van der Waals surface area contributed by atoms with Gasteiger partial charge in [-0.1, -0.05) is 5.16 Å². The van der Waals surface area contributed by atoms with E-state index in [-0.39, 0.29) is 5.91 Å². The number of halogens is 1. The van der Waals surface area contributed by atoms with Crippen LogP contribution in [0.2, 0.25) is 0 Å². The third kappa shape index (κ3) is 2.44. The highest BCUT2D eigenvalue weighted by Gasteiger charge is 2.19. The molecule has 1 N–H and O–H groups in total. The Morgan fingerprint density at radius 2 is 2.10 bits per heavy atom. The van der Waals surface area contributed by atoms with E-state index in [4.69, 9.17) is 4.52 Å². The Labute approximate surface area is 129 Å². The number of carbonyl (C=O) groups excluding carboxylic acids is 1. The van der Waals surface area contributed by atoms with Crippen LogP contribution in [0.15, 0.2) is 27.3 Å². The smallest absolute Gasteiger partial charge is 0.275 e. The first-order chi connectivity index (χ1) is 9.95. The molecule has 0 fully saturated rings. The van der Waals surface area contributed by atoms with Gasteiger partial charge in [-0.2, -0.15) is 0 Å². The van der Waals surface area contributed by atoms with Gasteiger partial charge in [0.05, 0.1) is 10.2 Å². The van der Waals surface area contributed by atoms with E-state index in [0.29, 0.717) is 28.6 Å². The van der Waals surface area contributed by atoms with Gasteiger partial charge in [0.25, 0.3) is 5.91 Å². The largest absolute Gasteiger partial charge is 0.360 e. The third-order valence-corrected chi connectivity index (χ3v) is 3.65. The van der Waals surface area contributed by atoms with Gasteiger partial charge in [-0.25, -0.2) is 4.98 Å². The van der Waals surface area contributed by atoms with Crippen LogP contribution in [0.5, 0.6) is 0 Å². The van der Waals surface area contributed by atoms with Gasteiger partial charge >= 0.3 is 0 Å². The van der Waals surface area contributed by atoms with Gasteiger partial charge in [-0.15, -0.1) is 0 Å². The number of imidazole rings is 1. The molecule has 0 aliphatic carbocycles. The second kappa shape index (κ2) is 5.00. The van der Waals surface area contributed by atoms with E-state index in [0.717, 1.165) is 10.0 Å². The fourth-order valence-corrected chi connectivity index (χ4v) is 2.86. The molecule has 0 aromatic carbocycles. The molecule has 1 amide bonds. The fraction of sp³-hybridized carbons (Fsp3) is 0.214. The van der Waals surface area contributed by atoms with E-state index < -0.39 is 0 Å². The highest BCUT2D eigenvalue weighted by Crippen LogP contribution is 2.23. The standard InChI is InChI=1S/C14H13BrN4O2/c1-7-4-10(15)13-16-9(3)12(19(13)6-7)14(20)17-11-5-8(2)21-18-11/h4-6H,1-3H3,(H,17,18,20). The number of hydrogen-bond donors (Lipinski definition) is 1. The van der Waals surface area contributed by atoms with Crippen LogP contribution in [0.1, 0.15) is 27.5 Å². The fourth-order valence-electron chi connectivity index (χ4n) is 2.22. The summed E-state index contributed by atoms with van der Waals surface area (Å²) < 4.78 is 7.57. The lowest BCUT2D eigenvalue weighted by molar-refractivity contribution is 0.102. The van der Waals surface area contributed by atoms with Crippen LogP contribution in [-0.2, 0) is 0 Å². The molecule has 0 saturated heterocycles. The van der Waals surface area contributed by atoms with Crippen molar-refractivity contribution in [1.29, 1.82) is 0 Å². The average molecular weight is 349 g/mol. The van der Waals surface area contributed by atoms with Crippen molar-refractivity contribution in [3.8, 4) is 0 Å². The molecule has 0 unspecified atom stereocenters. The predicted octanol–water partition coefficient (Wildman–Crippen LogP) is 3.26. The second-order valence-electron chi connectivity index (χ2n) is 4.88. The number of anilines is 1. The molecule has 3 aromatic heterocycles. The van der Waals surface area contributed by atoms with Crippen molar-refractivity contribution < 1.29 is 9.32 Å². The van der Waals surface area contributed by atoms with Crippen LogP contribution in [0.4, 0.5) is 5.82 Å². The van der Waals surface area contributed by atoms with Gasteiger partial charge < -0.3 is 9.84 Å². The quantitative estimate of drug-likeness (QED) is 0.771. The molecule has 6 nitrogen and oxygen atoms in total. The number of nitrogens with zero attached hydrogens (tertiary/aromatic N) is 3. The van der Waals surface area contributed by atoms with Crippen molar-refractivity contribution in [1.82, 2.24) is 14.5 Å². The van der Waals surface area contributed by atoms with Crippen molar-refractivity contribution in [2.75, 3.05) is 5.32 Å². The molecule has 0 radical (unpaired) electrons. The molecule has 3 heterocycles. The Hall–Kier alpha value is -2.15. The molecule has 0 atom stereocenters. The van der Waals surface area contributed by atoms with Crippen LogP contribution < -0.4 is 5.32 Å². The molecule has 0 aliphatic rings. The predicted molar refractivity (Wildman–Crippen MR) is 81.6 cm³/mol. The summed E-state index contributed by atoms with van der Waals surface area (Å²) in [4.78, 5) is 16.9. The van der Waals surface area contributed by atoms with E-state index >= 15 is 0 Å². The van der Waals surface area contributed by atoms with Gasteiger partial charge in [0, 0.05) is 12.3 Å². The number of carbonyl (C=O) groups is 1. The van der Waals surface area contributed by atoms with Crippen LogP contribution >= 0.6 is 15.9 Å².